The molecule has 0 aliphatic heterocycles. The molecule has 17 heavy (non-hydrogen) atoms. The Kier molecular flexibility index (Phi) is 3.79. The highest BCUT2D eigenvalue weighted by molar-refractivity contribution is 9.09. The van der Waals surface area contributed by atoms with E-state index in [2.05, 4.69) is 28.1 Å². The Bertz CT molecular complexity index is 537. The highest BCUT2D eigenvalue weighted by atomic mass is 79.9. The van der Waals surface area contributed by atoms with Gasteiger partial charge in [-0.25, -0.2) is 0 Å². The fourth-order valence-electron chi connectivity index (χ4n) is 1.80. The van der Waals surface area contributed by atoms with E-state index in [0.29, 0.717) is 6.42 Å². The van der Waals surface area contributed by atoms with Gasteiger partial charge in [-0.1, -0.05) is 40.2 Å². The summed E-state index contributed by atoms with van der Waals surface area (Å²) in [5, 5.41) is 2.30. The molecule has 2 aromatic rings. The quantitative estimate of drug-likeness (QED) is 0.638. The molecule has 0 aliphatic rings. The lowest BCUT2D eigenvalue weighted by molar-refractivity contribution is -0.107. The molecule has 0 N–H and O–H groups in total. The number of hydrogen-bond donors (Lipinski definition) is 0. The Morgan fingerprint density at radius 2 is 1.94 bits per heavy atom. The van der Waals surface area contributed by atoms with Crippen LogP contribution < -0.4 is 4.74 Å². The zero-order chi connectivity index (χ0) is 12.3. The molecule has 88 valence electrons. The molecule has 0 bridgehead atoms. The van der Waals surface area contributed by atoms with Crippen molar-refractivity contribution in [3.05, 3.63) is 42.0 Å². The van der Waals surface area contributed by atoms with Crippen LogP contribution in [0.5, 0.6) is 5.75 Å². The number of carbonyl (C=O) groups is 1. The number of aldehydes is 1. The van der Waals surface area contributed by atoms with Crippen LogP contribution in [-0.4, -0.2) is 18.2 Å². The molecule has 2 aromatic carbocycles. The van der Waals surface area contributed by atoms with Gasteiger partial charge in [-0.3, -0.25) is 0 Å². The molecule has 0 heterocycles. The molecule has 0 amide bonds. The molecule has 0 aliphatic carbocycles. The van der Waals surface area contributed by atoms with Gasteiger partial charge in [0.15, 0.2) is 0 Å². The van der Waals surface area contributed by atoms with E-state index < -0.39 is 0 Å². The topological polar surface area (TPSA) is 26.3 Å². The first-order valence-electron chi connectivity index (χ1n) is 5.39. The summed E-state index contributed by atoms with van der Waals surface area (Å²) in [5.41, 5.74) is 1.15. The van der Waals surface area contributed by atoms with Crippen molar-refractivity contribution in [1.29, 1.82) is 0 Å². The smallest absolute Gasteiger partial charge is 0.133 e. The van der Waals surface area contributed by atoms with Crippen molar-refractivity contribution >= 4 is 33.0 Å². The van der Waals surface area contributed by atoms with Gasteiger partial charge < -0.3 is 9.53 Å². The first kappa shape index (κ1) is 12.1. The van der Waals surface area contributed by atoms with Gasteiger partial charge >= 0.3 is 0 Å². The zero-order valence-electron chi connectivity index (χ0n) is 9.52. The number of fused-ring (bicyclic) bond motifs is 1. The number of methoxy groups -OCH3 is 1. The highest BCUT2D eigenvalue weighted by Crippen LogP contribution is 2.22. The molecule has 2 nitrogen and oxygen atoms in total. The first-order valence-corrected chi connectivity index (χ1v) is 6.30. The number of rotatable bonds is 4. The minimum Gasteiger partial charge on any atom is -0.497 e. The van der Waals surface area contributed by atoms with Crippen LogP contribution in [0.1, 0.15) is 5.56 Å². The molecule has 0 aromatic heterocycles. The van der Waals surface area contributed by atoms with Gasteiger partial charge in [0.05, 0.1) is 11.9 Å². The molecular formula is C14H13BrO2. The third-order valence-corrected chi connectivity index (χ3v) is 3.23. The second-order valence-corrected chi connectivity index (χ2v) is 5.08. The summed E-state index contributed by atoms with van der Waals surface area (Å²) >= 11 is 3.31. The summed E-state index contributed by atoms with van der Waals surface area (Å²) in [6, 6.07) is 12.2. The predicted molar refractivity (Wildman–Crippen MR) is 73.0 cm³/mol. The largest absolute Gasteiger partial charge is 0.497 e. The number of carbonyl (C=O) groups excluding carboxylic acids is 1. The summed E-state index contributed by atoms with van der Waals surface area (Å²) in [4.78, 5) is 10.5. The van der Waals surface area contributed by atoms with Crippen molar-refractivity contribution < 1.29 is 9.53 Å². The lowest BCUT2D eigenvalue weighted by Gasteiger charge is -2.06. The molecule has 2 rings (SSSR count). The van der Waals surface area contributed by atoms with Crippen LogP contribution in [0.4, 0.5) is 0 Å². The number of halogens is 1. The maximum absolute atomic E-state index is 10.6. The average molecular weight is 293 g/mol. The zero-order valence-corrected chi connectivity index (χ0v) is 11.1. The van der Waals surface area contributed by atoms with Gasteiger partial charge in [0, 0.05) is 0 Å². The van der Waals surface area contributed by atoms with Crippen LogP contribution >= 0.6 is 15.9 Å². The third kappa shape index (κ3) is 2.86. The maximum atomic E-state index is 10.6. The minimum atomic E-state index is -0.113. The monoisotopic (exact) mass is 292 g/mol. The molecular weight excluding hydrogens is 280 g/mol. The minimum absolute atomic E-state index is 0.113. The Morgan fingerprint density at radius 3 is 2.65 bits per heavy atom. The van der Waals surface area contributed by atoms with E-state index in [1.54, 1.807) is 7.11 Å². The normalized spacial score (nSPS) is 12.4. The van der Waals surface area contributed by atoms with Gasteiger partial charge in [-0.05, 0) is 34.9 Å². The molecule has 0 fully saturated rings. The molecule has 1 atom stereocenters. The summed E-state index contributed by atoms with van der Waals surface area (Å²) < 4.78 is 5.18. The third-order valence-electron chi connectivity index (χ3n) is 2.69. The summed E-state index contributed by atoms with van der Waals surface area (Å²) in [6.07, 6.45) is 1.63. The maximum Gasteiger partial charge on any atom is 0.133 e. The summed E-state index contributed by atoms with van der Waals surface area (Å²) in [5.74, 6) is 0.858. The summed E-state index contributed by atoms with van der Waals surface area (Å²) in [6.45, 7) is 0. The fraction of sp³-hybridized carbons (Fsp3) is 0.214. The average Bonchev–Trinajstić information content (AvgIpc) is 2.38. The van der Waals surface area contributed by atoms with Crippen molar-refractivity contribution in [3.63, 3.8) is 0 Å². The fourth-order valence-corrected chi connectivity index (χ4v) is 2.17. The van der Waals surface area contributed by atoms with Gasteiger partial charge in [-0.15, -0.1) is 0 Å². The lowest BCUT2D eigenvalue weighted by atomic mass is 10.0. The van der Waals surface area contributed by atoms with Crippen LogP contribution in [0.2, 0.25) is 0 Å². The number of hydrogen-bond acceptors (Lipinski definition) is 2. The first-order chi connectivity index (χ1) is 8.22. The van der Waals surface area contributed by atoms with E-state index in [4.69, 9.17) is 4.74 Å². The SMILES string of the molecule is COc1ccc2cc(CC(Br)C=O)ccc2c1. The number of benzene rings is 2. The van der Waals surface area contributed by atoms with E-state index in [1.165, 1.54) is 0 Å². The molecule has 0 saturated carbocycles. The van der Waals surface area contributed by atoms with Crippen LogP contribution in [-0.2, 0) is 11.2 Å². The Morgan fingerprint density at radius 1 is 1.24 bits per heavy atom. The number of ether oxygens (including phenoxy) is 1. The lowest BCUT2D eigenvalue weighted by Crippen LogP contribution is -2.03. The van der Waals surface area contributed by atoms with Gasteiger partial charge in [0.1, 0.15) is 12.0 Å². The second kappa shape index (κ2) is 5.32. The molecule has 3 heteroatoms. The molecule has 1 unspecified atom stereocenters. The van der Waals surface area contributed by atoms with Crippen LogP contribution in [0.15, 0.2) is 36.4 Å². The van der Waals surface area contributed by atoms with Gasteiger partial charge in [-0.2, -0.15) is 0 Å². The van der Waals surface area contributed by atoms with Crippen molar-refractivity contribution in [2.45, 2.75) is 11.2 Å². The van der Waals surface area contributed by atoms with E-state index >= 15 is 0 Å². The standard InChI is InChI=1S/C14H13BrO2/c1-17-14-5-4-11-6-10(7-13(15)9-16)2-3-12(11)8-14/h2-6,8-9,13H,7H2,1H3. The van der Waals surface area contributed by atoms with E-state index in [1.807, 2.05) is 24.3 Å². The molecule has 0 spiro atoms. The Balaban J connectivity index is 2.34. The highest BCUT2D eigenvalue weighted by Gasteiger charge is 2.04. The van der Waals surface area contributed by atoms with Gasteiger partial charge in [0.2, 0.25) is 0 Å². The number of alkyl halides is 1. The van der Waals surface area contributed by atoms with E-state index in [9.17, 15) is 4.79 Å². The molecule has 0 radical (unpaired) electrons. The predicted octanol–water partition coefficient (Wildman–Crippen LogP) is 3.35. The van der Waals surface area contributed by atoms with E-state index in [0.717, 1.165) is 28.4 Å². The summed E-state index contributed by atoms with van der Waals surface area (Å²) in [7, 11) is 1.66. The van der Waals surface area contributed by atoms with Crippen LogP contribution in [0, 0.1) is 0 Å². The Labute approximate surface area is 109 Å². The Hall–Kier alpha value is -1.35. The van der Waals surface area contributed by atoms with Crippen molar-refractivity contribution in [2.24, 2.45) is 0 Å². The van der Waals surface area contributed by atoms with Crippen LogP contribution in [0.3, 0.4) is 0 Å². The van der Waals surface area contributed by atoms with Gasteiger partial charge in [0.25, 0.3) is 0 Å². The second-order valence-electron chi connectivity index (χ2n) is 3.90. The van der Waals surface area contributed by atoms with Crippen molar-refractivity contribution in [1.82, 2.24) is 0 Å². The van der Waals surface area contributed by atoms with Crippen molar-refractivity contribution in [2.75, 3.05) is 7.11 Å². The van der Waals surface area contributed by atoms with E-state index in [-0.39, 0.29) is 4.83 Å². The van der Waals surface area contributed by atoms with Crippen LogP contribution in [0.25, 0.3) is 10.8 Å². The molecule has 0 saturated heterocycles. The van der Waals surface area contributed by atoms with Crippen molar-refractivity contribution in [3.8, 4) is 5.75 Å².